The number of aromatic nitrogens is 8. The third-order valence-electron chi connectivity index (χ3n) is 3.34. The fourth-order valence-corrected chi connectivity index (χ4v) is 3.21. The highest BCUT2D eigenvalue weighted by Gasteiger charge is 2.14. The molecule has 126 valence electrons. The molecule has 0 aliphatic rings. The SMILES string of the molecule is Nc1cc(=O)[nH]c2nnc(SCc3nnnn3-c3ccc(Cl)cc3)n12. The Kier molecular flexibility index (Phi) is 3.86. The molecule has 0 bridgehead atoms. The van der Waals surface area contributed by atoms with Crippen LogP contribution in [0, 0.1) is 0 Å². The number of nitrogen functional groups attached to an aromatic ring is 1. The average Bonchev–Trinajstić information content (AvgIpc) is 3.20. The van der Waals surface area contributed by atoms with Gasteiger partial charge in [0.2, 0.25) is 5.78 Å². The van der Waals surface area contributed by atoms with Crippen molar-refractivity contribution in [1.82, 2.24) is 39.8 Å². The first-order valence-corrected chi connectivity index (χ1v) is 8.38. The van der Waals surface area contributed by atoms with Gasteiger partial charge in [-0.1, -0.05) is 23.4 Å². The van der Waals surface area contributed by atoms with Gasteiger partial charge in [-0.3, -0.25) is 9.78 Å². The van der Waals surface area contributed by atoms with Gasteiger partial charge in [0.25, 0.3) is 5.56 Å². The fraction of sp³-hybridized carbons (Fsp3) is 0.0769. The number of nitrogens with zero attached hydrogens (tertiary/aromatic N) is 7. The van der Waals surface area contributed by atoms with Gasteiger partial charge in [0.05, 0.1) is 11.4 Å². The van der Waals surface area contributed by atoms with Crippen LogP contribution in [0.3, 0.4) is 0 Å². The molecule has 0 saturated heterocycles. The van der Waals surface area contributed by atoms with Gasteiger partial charge in [-0.25, -0.2) is 4.40 Å². The van der Waals surface area contributed by atoms with Crippen LogP contribution >= 0.6 is 23.4 Å². The second-order valence-electron chi connectivity index (χ2n) is 4.97. The van der Waals surface area contributed by atoms with E-state index in [9.17, 15) is 4.79 Å². The maximum Gasteiger partial charge on any atom is 0.254 e. The van der Waals surface area contributed by atoms with Crippen LogP contribution in [0.5, 0.6) is 0 Å². The summed E-state index contributed by atoms with van der Waals surface area (Å²) < 4.78 is 3.17. The maximum absolute atomic E-state index is 11.4. The van der Waals surface area contributed by atoms with Crippen LogP contribution in [0.1, 0.15) is 5.82 Å². The number of anilines is 1. The first-order chi connectivity index (χ1) is 12.1. The van der Waals surface area contributed by atoms with E-state index >= 15 is 0 Å². The molecule has 10 nitrogen and oxygen atoms in total. The minimum absolute atomic E-state index is 0.253. The number of H-pyrrole nitrogens is 1. The standard InChI is InChI=1S/C13H10ClN9OS/c14-7-1-3-8(4-2-7)23-10(17-20-21-23)6-25-13-19-18-12-16-11(24)5-9(15)22(12)13/h1-5H,6,15H2,(H,16,18,24). The summed E-state index contributed by atoms with van der Waals surface area (Å²) in [6.45, 7) is 0. The number of rotatable bonds is 4. The number of nitrogens with two attached hydrogens (primary N) is 1. The number of thioether (sulfide) groups is 1. The molecule has 4 rings (SSSR count). The van der Waals surface area contributed by atoms with E-state index in [0.717, 1.165) is 5.69 Å². The normalized spacial score (nSPS) is 11.2. The van der Waals surface area contributed by atoms with E-state index in [-0.39, 0.29) is 17.2 Å². The van der Waals surface area contributed by atoms with Crippen molar-refractivity contribution in [3.05, 3.63) is 51.5 Å². The van der Waals surface area contributed by atoms with E-state index in [1.807, 2.05) is 12.1 Å². The van der Waals surface area contributed by atoms with E-state index in [1.54, 1.807) is 21.2 Å². The molecule has 3 aromatic heterocycles. The van der Waals surface area contributed by atoms with Gasteiger partial charge in [0.15, 0.2) is 11.0 Å². The summed E-state index contributed by atoms with van der Waals surface area (Å²) in [4.78, 5) is 14.0. The zero-order chi connectivity index (χ0) is 17.4. The summed E-state index contributed by atoms with van der Waals surface area (Å²) >= 11 is 7.25. The third kappa shape index (κ3) is 2.94. The predicted octanol–water partition coefficient (Wildman–Crippen LogP) is 0.921. The van der Waals surface area contributed by atoms with Crippen molar-refractivity contribution < 1.29 is 0 Å². The smallest absolute Gasteiger partial charge is 0.254 e. The second kappa shape index (κ2) is 6.18. The first kappa shape index (κ1) is 15.6. The Morgan fingerprint density at radius 2 is 2.00 bits per heavy atom. The summed E-state index contributed by atoms with van der Waals surface area (Å²) in [6.07, 6.45) is 0. The molecule has 0 aliphatic heterocycles. The monoisotopic (exact) mass is 375 g/mol. The maximum atomic E-state index is 11.4. The number of halogens is 1. The zero-order valence-corrected chi connectivity index (χ0v) is 14.1. The fourth-order valence-electron chi connectivity index (χ4n) is 2.23. The lowest BCUT2D eigenvalue weighted by atomic mass is 10.3. The van der Waals surface area contributed by atoms with Crippen molar-refractivity contribution in [2.75, 3.05) is 5.73 Å². The Morgan fingerprint density at radius 3 is 2.80 bits per heavy atom. The largest absolute Gasteiger partial charge is 0.385 e. The van der Waals surface area contributed by atoms with Crippen molar-refractivity contribution in [2.24, 2.45) is 0 Å². The van der Waals surface area contributed by atoms with E-state index in [4.69, 9.17) is 17.3 Å². The van der Waals surface area contributed by atoms with E-state index < -0.39 is 0 Å². The van der Waals surface area contributed by atoms with Crippen molar-refractivity contribution in [3.63, 3.8) is 0 Å². The van der Waals surface area contributed by atoms with Crippen LogP contribution in [0.25, 0.3) is 11.5 Å². The van der Waals surface area contributed by atoms with Crippen LogP contribution in [0.4, 0.5) is 5.82 Å². The first-order valence-electron chi connectivity index (χ1n) is 7.02. The molecule has 1 aromatic carbocycles. The van der Waals surface area contributed by atoms with E-state index in [2.05, 4.69) is 30.7 Å². The molecule has 0 radical (unpaired) electrons. The Bertz CT molecular complexity index is 1100. The highest BCUT2D eigenvalue weighted by molar-refractivity contribution is 7.98. The highest BCUT2D eigenvalue weighted by atomic mass is 35.5. The minimum atomic E-state index is -0.333. The number of nitrogens with one attached hydrogen (secondary N) is 1. The zero-order valence-electron chi connectivity index (χ0n) is 12.5. The van der Waals surface area contributed by atoms with Crippen LogP contribution < -0.4 is 11.3 Å². The highest BCUT2D eigenvalue weighted by Crippen LogP contribution is 2.23. The summed E-state index contributed by atoms with van der Waals surface area (Å²) in [6, 6.07) is 8.44. The van der Waals surface area contributed by atoms with Crippen LogP contribution in [-0.4, -0.2) is 39.8 Å². The molecular weight excluding hydrogens is 366 g/mol. The lowest BCUT2D eigenvalue weighted by Gasteiger charge is -2.05. The molecule has 0 spiro atoms. The summed E-state index contributed by atoms with van der Waals surface area (Å²) in [5, 5.41) is 20.8. The molecule has 0 saturated carbocycles. The lowest BCUT2D eigenvalue weighted by Crippen LogP contribution is -2.11. The third-order valence-corrected chi connectivity index (χ3v) is 4.52. The second-order valence-corrected chi connectivity index (χ2v) is 6.35. The molecule has 3 N–H and O–H groups in total. The van der Waals surface area contributed by atoms with E-state index in [0.29, 0.717) is 21.8 Å². The van der Waals surface area contributed by atoms with Crippen LogP contribution in [-0.2, 0) is 5.75 Å². The summed E-state index contributed by atoms with van der Waals surface area (Å²) in [7, 11) is 0. The van der Waals surface area contributed by atoms with Gasteiger partial charge >= 0.3 is 0 Å². The number of hydrogen-bond donors (Lipinski definition) is 2. The minimum Gasteiger partial charge on any atom is -0.385 e. The molecular formula is C13H10ClN9OS. The van der Waals surface area contributed by atoms with Crippen molar-refractivity contribution in [1.29, 1.82) is 0 Å². The summed E-state index contributed by atoms with van der Waals surface area (Å²) in [5.74, 6) is 1.58. The van der Waals surface area contributed by atoms with Crippen molar-refractivity contribution in [2.45, 2.75) is 10.9 Å². The Morgan fingerprint density at radius 1 is 1.20 bits per heavy atom. The molecule has 0 unspecified atom stereocenters. The number of hydrogen-bond acceptors (Lipinski definition) is 8. The number of fused-ring (bicyclic) bond motifs is 1. The van der Waals surface area contributed by atoms with Gasteiger partial charge in [-0.05, 0) is 34.7 Å². The lowest BCUT2D eigenvalue weighted by molar-refractivity contribution is 0.777. The Balaban J connectivity index is 1.62. The number of tetrazole rings is 1. The van der Waals surface area contributed by atoms with Crippen LogP contribution in [0.2, 0.25) is 5.02 Å². The molecule has 0 fully saturated rings. The quantitative estimate of drug-likeness (QED) is 0.503. The molecule has 0 atom stereocenters. The Hall–Kier alpha value is -2.92. The Labute approximate surface area is 149 Å². The number of aromatic amines is 1. The van der Waals surface area contributed by atoms with Crippen LogP contribution in [0.15, 0.2) is 40.3 Å². The van der Waals surface area contributed by atoms with Gasteiger partial charge in [0.1, 0.15) is 5.82 Å². The van der Waals surface area contributed by atoms with E-state index in [1.165, 1.54) is 17.8 Å². The molecule has 3 heterocycles. The molecule has 0 aliphatic carbocycles. The topological polar surface area (TPSA) is 133 Å². The predicted molar refractivity (Wildman–Crippen MR) is 91.7 cm³/mol. The molecule has 0 amide bonds. The average molecular weight is 376 g/mol. The van der Waals surface area contributed by atoms with Crippen molar-refractivity contribution >= 4 is 35.0 Å². The molecule has 25 heavy (non-hydrogen) atoms. The van der Waals surface area contributed by atoms with Gasteiger partial charge in [-0.15, -0.1) is 15.3 Å². The number of benzene rings is 1. The molecule has 4 aromatic rings. The van der Waals surface area contributed by atoms with Crippen molar-refractivity contribution in [3.8, 4) is 5.69 Å². The van der Waals surface area contributed by atoms with Gasteiger partial charge in [0, 0.05) is 11.1 Å². The molecule has 12 heteroatoms. The summed E-state index contributed by atoms with van der Waals surface area (Å²) in [5.41, 5.74) is 6.34. The van der Waals surface area contributed by atoms with Gasteiger partial charge in [-0.2, -0.15) is 4.68 Å². The van der Waals surface area contributed by atoms with Gasteiger partial charge < -0.3 is 5.73 Å².